The lowest BCUT2D eigenvalue weighted by atomic mass is 10.2. The molecule has 0 bridgehead atoms. The van der Waals surface area contributed by atoms with Gasteiger partial charge in [-0.05, 0) is 18.6 Å². The van der Waals surface area contributed by atoms with Crippen molar-refractivity contribution in [2.45, 2.75) is 6.92 Å². The monoisotopic (exact) mass is 254 g/mol. The van der Waals surface area contributed by atoms with Gasteiger partial charge in [0, 0.05) is 31.5 Å². The van der Waals surface area contributed by atoms with Crippen LogP contribution in [0.5, 0.6) is 0 Å². The molecule has 0 amide bonds. The first-order valence-corrected chi connectivity index (χ1v) is 5.70. The maximum atomic E-state index is 10.6. The number of non-ortho nitro benzene ring substituents is 1. The van der Waals surface area contributed by atoms with E-state index in [0.29, 0.717) is 26.4 Å². The van der Waals surface area contributed by atoms with Crippen LogP contribution >= 0.6 is 0 Å². The van der Waals surface area contributed by atoms with Crippen LogP contribution in [0, 0.1) is 17.0 Å². The van der Waals surface area contributed by atoms with E-state index in [9.17, 15) is 10.1 Å². The number of benzene rings is 1. The zero-order valence-corrected chi connectivity index (χ0v) is 10.6. The molecule has 1 rings (SSSR count). The lowest BCUT2D eigenvalue weighted by molar-refractivity contribution is -0.384. The fourth-order valence-electron chi connectivity index (χ4n) is 1.46. The van der Waals surface area contributed by atoms with Crippen LogP contribution in [-0.2, 0) is 9.47 Å². The van der Waals surface area contributed by atoms with E-state index in [-0.39, 0.29) is 5.69 Å². The molecule has 0 spiro atoms. The maximum Gasteiger partial charge on any atom is 0.269 e. The number of hydrogen-bond donors (Lipinski definition) is 1. The van der Waals surface area contributed by atoms with Crippen LogP contribution in [0.3, 0.4) is 0 Å². The van der Waals surface area contributed by atoms with Crippen LogP contribution in [-0.4, -0.2) is 38.4 Å². The standard InChI is InChI=1S/C12H18N2O4/c1-10-9-11(14(15)16)3-4-12(10)13-5-6-18-8-7-17-2/h3-4,9,13H,5-8H2,1-2H3. The molecule has 0 aliphatic heterocycles. The minimum Gasteiger partial charge on any atom is -0.383 e. The predicted molar refractivity (Wildman–Crippen MR) is 69.0 cm³/mol. The largest absolute Gasteiger partial charge is 0.383 e. The first-order chi connectivity index (χ1) is 8.65. The highest BCUT2D eigenvalue weighted by Crippen LogP contribution is 2.20. The Morgan fingerprint density at radius 3 is 2.72 bits per heavy atom. The third-order valence-corrected chi connectivity index (χ3v) is 2.41. The van der Waals surface area contributed by atoms with Crippen molar-refractivity contribution in [2.24, 2.45) is 0 Å². The van der Waals surface area contributed by atoms with Crippen molar-refractivity contribution in [3.05, 3.63) is 33.9 Å². The lowest BCUT2D eigenvalue weighted by Crippen LogP contribution is -2.12. The van der Waals surface area contributed by atoms with Crippen molar-refractivity contribution in [2.75, 3.05) is 38.8 Å². The van der Waals surface area contributed by atoms with Crippen molar-refractivity contribution in [1.82, 2.24) is 0 Å². The van der Waals surface area contributed by atoms with E-state index in [2.05, 4.69) is 5.32 Å². The summed E-state index contributed by atoms with van der Waals surface area (Å²) in [6.07, 6.45) is 0. The summed E-state index contributed by atoms with van der Waals surface area (Å²) < 4.78 is 10.2. The van der Waals surface area contributed by atoms with Gasteiger partial charge < -0.3 is 14.8 Å². The summed E-state index contributed by atoms with van der Waals surface area (Å²) in [7, 11) is 1.63. The molecule has 18 heavy (non-hydrogen) atoms. The summed E-state index contributed by atoms with van der Waals surface area (Å²) in [5.74, 6) is 0. The second-order valence-electron chi connectivity index (χ2n) is 3.79. The molecule has 0 aliphatic rings. The average molecular weight is 254 g/mol. The minimum absolute atomic E-state index is 0.106. The molecule has 1 aromatic carbocycles. The van der Waals surface area contributed by atoms with Crippen LogP contribution in [0.1, 0.15) is 5.56 Å². The van der Waals surface area contributed by atoms with Crippen molar-refractivity contribution in [3.63, 3.8) is 0 Å². The smallest absolute Gasteiger partial charge is 0.269 e. The van der Waals surface area contributed by atoms with Crippen LogP contribution in [0.2, 0.25) is 0 Å². The molecule has 6 heteroatoms. The number of methoxy groups -OCH3 is 1. The van der Waals surface area contributed by atoms with Crippen molar-refractivity contribution >= 4 is 11.4 Å². The number of nitro benzene ring substituents is 1. The van der Waals surface area contributed by atoms with Gasteiger partial charge in [0.15, 0.2) is 0 Å². The Morgan fingerprint density at radius 1 is 1.33 bits per heavy atom. The Kier molecular flexibility index (Phi) is 6.10. The van der Waals surface area contributed by atoms with Crippen molar-refractivity contribution in [3.8, 4) is 0 Å². The summed E-state index contributed by atoms with van der Waals surface area (Å²) in [6.45, 7) is 4.21. The van der Waals surface area contributed by atoms with E-state index in [4.69, 9.17) is 9.47 Å². The van der Waals surface area contributed by atoms with Gasteiger partial charge in [0.1, 0.15) is 0 Å². The molecule has 0 fully saturated rings. The van der Waals surface area contributed by atoms with E-state index in [1.807, 2.05) is 6.92 Å². The van der Waals surface area contributed by atoms with Crippen molar-refractivity contribution in [1.29, 1.82) is 0 Å². The number of rotatable bonds is 8. The third-order valence-electron chi connectivity index (χ3n) is 2.41. The van der Waals surface area contributed by atoms with Gasteiger partial charge in [0.05, 0.1) is 24.7 Å². The molecule has 0 saturated heterocycles. The number of nitrogens with zero attached hydrogens (tertiary/aromatic N) is 1. The average Bonchev–Trinajstić information content (AvgIpc) is 2.35. The number of nitrogens with one attached hydrogen (secondary N) is 1. The fourth-order valence-corrected chi connectivity index (χ4v) is 1.46. The molecule has 0 saturated carbocycles. The summed E-state index contributed by atoms with van der Waals surface area (Å²) in [5, 5.41) is 13.7. The van der Waals surface area contributed by atoms with E-state index >= 15 is 0 Å². The van der Waals surface area contributed by atoms with E-state index in [1.54, 1.807) is 19.2 Å². The molecule has 6 nitrogen and oxygen atoms in total. The van der Waals surface area contributed by atoms with Gasteiger partial charge in [-0.15, -0.1) is 0 Å². The van der Waals surface area contributed by atoms with E-state index in [0.717, 1.165) is 11.3 Å². The number of ether oxygens (including phenoxy) is 2. The maximum absolute atomic E-state index is 10.6. The Bertz CT molecular complexity index is 396. The van der Waals surface area contributed by atoms with E-state index in [1.165, 1.54) is 6.07 Å². The molecular formula is C12H18N2O4. The fraction of sp³-hybridized carbons (Fsp3) is 0.500. The SMILES string of the molecule is COCCOCCNc1ccc([N+](=O)[O-])cc1C. The minimum atomic E-state index is -0.398. The Balaban J connectivity index is 2.36. The van der Waals surface area contributed by atoms with Gasteiger partial charge in [-0.2, -0.15) is 0 Å². The Morgan fingerprint density at radius 2 is 2.11 bits per heavy atom. The zero-order valence-electron chi connectivity index (χ0n) is 10.6. The normalized spacial score (nSPS) is 10.3. The van der Waals surface area contributed by atoms with Crippen LogP contribution in [0.15, 0.2) is 18.2 Å². The predicted octanol–water partition coefficient (Wildman–Crippen LogP) is 1.98. The molecular weight excluding hydrogens is 236 g/mol. The number of anilines is 1. The summed E-state index contributed by atoms with van der Waals surface area (Å²) in [6, 6.07) is 4.75. The molecule has 100 valence electrons. The van der Waals surface area contributed by atoms with Gasteiger partial charge in [0.2, 0.25) is 0 Å². The number of hydrogen-bond acceptors (Lipinski definition) is 5. The molecule has 0 radical (unpaired) electrons. The summed E-state index contributed by atoms with van der Waals surface area (Å²) >= 11 is 0. The second kappa shape index (κ2) is 7.62. The van der Waals surface area contributed by atoms with Crippen molar-refractivity contribution < 1.29 is 14.4 Å². The highest BCUT2D eigenvalue weighted by atomic mass is 16.6. The quantitative estimate of drug-likeness (QED) is 0.436. The zero-order chi connectivity index (χ0) is 13.4. The molecule has 0 aromatic heterocycles. The van der Waals surface area contributed by atoms with Crippen LogP contribution in [0.4, 0.5) is 11.4 Å². The van der Waals surface area contributed by atoms with Gasteiger partial charge in [-0.1, -0.05) is 0 Å². The van der Waals surface area contributed by atoms with Gasteiger partial charge in [-0.25, -0.2) is 0 Å². The molecule has 0 heterocycles. The molecule has 0 atom stereocenters. The number of aryl methyl sites for hydroxylation is 1. The summed E-state index contributed by atoms with van der Waals surface area (Å²) in [4.78, 5) is 10.2. The highest BCUT2D eigenvalue weighted by Gasteiger charge is 2.07. The number of nitro groups is 1. The van der Waals surface area contributed by atoms with Crippen LogP contribution < -0.4 is 5.32 Å². The first kappa shape index (κ1) is 14.4. The van der Waals surface area contributed by atoms with Gasteiger partial charge in [0.25, 0.3) is 5.69 Å². The highest BCUT2D eigenvalue weighted by molar-refractivity contribution is 5.55. The Hall–Kier alpha value is -1.66. The topological polar surface area (TPSA) is 73.6 Å². The molecule has 0 unspecified atom stereocenters. The molecule has 0 aliphatic carbocycles. The Labute approximate surface area is 106 Å². The molecule has 1 aromatic rings. The first-order valence-electron chi connectivity index (χ1n) is 5.70. The second-order valence-corrected chi connectivity index (χ2v) is 3.79. The third kappa shape index (κ3) is 4.68. The van der Waals surface area contributed by atoms with Crippen LogP contribution in [0.25, 0.3) is 0 Å². The van der Waals surface area contributed by atoms with Gasteiger partial charge >= 0.3 is 0 Å². The van der Waals surface area contributed by atoms with E-state index < -0.39 is 4.92 Å². The summed E-state index contributed by atoms with van der Waals surface area (Å²) in [5.41, 5.74) is 1.84. The molecule has 1 N–H and O–H groups in total. The lowest BCUT2D eigenvalue weighted by Gasteiger charge is -2.09. The van der Waals surface area contributed by atoms with Gasteiger partial charge in [-0.3, -0.25) is 10.1 Å².